The molecule has 0 spiro atoms. The molecule has 0 saturated heterocycles. The van der Waals surface area contributed by atoms with Crippen molar-refractivity contribution in [3.8, 4) is 0 Å². The molecule has 0 bridgehead atoms. The van der Waals surface area contributed by atoms with Gasteiger partial charge in [-0.3, -0.25) is 0 Å². The molecule has 119 valence electrons. The van der Waals surface area contributed by atoms with Crippen LogP contribution >= 0.6 is 0 Å². The molecule has 3 aromatic rings. The van der Waals surface area contributed by atoms with Crippen LogP contribution in [0.15, 0.2) is 72.8 Å². The summed E-state index contributed by atoms with van der Waals surface area (Å²) in [6.45, 7) is 6.49. The molecule has 0 unspecified atom stereocenters. The molecule has 1 radical (unpaired) electrons. The molecule has 0 aromatic heterocycles. The van der Waals surface area contributed by atoms with Crippen molar-refractivity contribution in [2.75, 3.05) is 0 Å². The van der Waals surface area contributed by atoms with Crippen LogP contribution < -0.4 is 0 Å². The number of aryl methyl sites for hydroxylation is 3. The Labute approximate surface area is 168 Å². The number of hydrogen-bond donors (Lipinski definition) is 0. The summed E-state index contributed by atoms with van der Waals surface area (Å²) in [6.07, 6.45) is 3.48. The first-order chi connectivity index (χ1) is 10.3. The molecule has 0 atom stereocenters. The van der Waals surface area contributed by atoms with E-state index in [1.54, 1.807) is 0 Å². The second-order valence-corrected chi connectivity index (χ2v) is 4.94. The molecule has 0 saturated carbocycles. The molecule has 22 heavy (non-hydrogen) atoms. The summed E-state index contributed by atoms with van der Waals surface area (Å²) >= 11 is 0. The minimum absolute atomic E-state index is 0. The Kier molecular flexibility index (Phi) is 13.6. The molecular weight excluding hydrogens is 397 g/mol. The second kappa shape index (κ2) is 14.0. The van der Waals surface area contributed by atoms with Crippen LogP contribution in [0.25, 0.3) is 0 Å². The maximum atomic E-state index is 2.16. The number of rotatable bonds is 3. The molecule has 0 aliphatic carbocycles. The minimum atomic E-state index is 0. The van der Waals surface area contributed by atoms with Crippen molar-refractivity contribution in [2.24, 2.45) is 0 Å². The fraction of sp³-hybridized carbons (Fsp3) is 0.286. The molecule has 0 nitrogen and oxygen atoms in total. The molecule has 3 rings (SSSR count). The van der Waals surface area contributed by atoms with Gasteiger partial charge in [0.15, 0.2) is 0 Å². The third-order valence-electron chi connectivity index (χ3n) is 3.42. The van der Waals surface area contributed by atoms with Crippen LogP contribution in [0.4, 0.5) is 0 Å². The van der Waals surface area contributed by atoms with E-state index >= 15 is 0 Å². The van der Waals surface area contributed by atoms with Crippen molar-refractivity contribution in [2.45, 2.75) is 40.0 Å². The molecule has 0 N–H and O–H groups in total. The molecule has 0 aliphatic heterocycles. The summed E-state index contributed by atoms with van der Waals surface area (Å²) in [4.78, 5) is 0. The third kappa shape index (κ3) is 9.41. The zero-order valence-electron chi connectivity index (χ0n) is 14.0. The molecule has 0 amide bonds. The summed E-state index contributed by atoms with van der Waals surface area (Å²) in [5.74, 6) is 0. The van der Waals surface area contributed by atoms with Crippen LogP contribution in [0.1, 0.15) is 37.5 Å². The summed E-state index contributed by atoms with van der Waals surface area (Å²) < 4.78 is 0. The quantitative estimate of drug-likeness (QED) is 0.459. The van der Waals surface area contributed by atoms with E-state index in [4.69, 9.17) is 0 Å². The summed E-state index contributed by atoms with van der Waals surface area (Å²) in [5.41, 5.74) is 4.29. The second-order valence-electron chi connectivity index (χ2n) is 4.94. The monoisotopic (exact) mass is 424 g/mol. The van der Waals surface area contributed by atoms with Gasteiger partial charge in [-0.05, 0) is 0 Å². The Morgan fingerprint density at radius 3 is 0.727 bits per heavy atom. The Bertz CT molecular complexity index is 431. The fourth-order valence-corrected chi connectivity index (χ4v) is 1.95. The minimum Gasteiger partial charge on any atom is -0.213 e. The van der Waals surface area contributed by atoms with Crippen LogP contribution in [0.3, 0.4) is 0 Å². The van der Waals surface area contributed by atoms with Gasteiger partial charge in [-0.15, -0.1) is 0 Å². The first-order valence-electron chi connectivity index (χ1n) is 7.91. The van der Waals surface area contributed by atoms with E-state index in [2.05, 4.69) is 93.6 Å². The van der Waals surface area contributed by atoms with Crippen molar-refractivity contribution < 1.29 is 40.4 Å². The summed E-state index contributed by atoms with van der Waals surface area (Å²) in [6, 6.07) is 25.2. The van der Waals surface area contributed by atoms with Gasteiger partial charge < -0.3 is 0 Å². The predicted molar refractivity (Wildman–Crippen MR) is 94.2 cm³/mol. The number of hydrogen-bond acceptors (Lipinski definition) is 0. The van der Waals surface area contributed by atoms with Crippen LogP contribution in [0.2, 0.25) is 0 Å². The van der Waals surface area contributed by atoms with Gasteiger partial charge in [0.05, 0.1) is 0 Å². The van der Waals surface area contributed by atoms with Crippen molar-refractivity contribution in [1.82, 2.24) is 0 Å². The molecule has 0 heterocycles. The van der Waals surface area contributed by atoms with E-state index in [9.17, 15) is 0 Å². The first kappa shape index (κ1) is 21.4. The average molecular weight is 424 g/mol. The zero-order chi connectivity index (χ0) is 15.3. The van der Waals surface area contributed by atoms with Gasteiger partial charge >= 0.3 is 0 Å². The largest absolute Gasteiger partial charge is 0.213 e. The van der Waals surface area contributed by atoms with Crippen molar-refractivity contribution in [1.29, 1.82) is 0 Å². The van der Waals surface area contributed by atoms with Gasteiger partial charge in [-0.1, -0.05) is 40.0 Å². The Morgan fingerprint density at radius 2 is 0.636 bits per heavy atom. The van der Waals surface area contributed by atoms with Crippen molar-refractivity contribution >= 4 is 0 Å². The zero-order valence-corrected chi connectivity index (χ0v) is 16.9. The SMILES string of the molecule is CC[c-]1cccc1.CC[c-]1cccc1.CC[c-]1cccc1.[Pm]. The van der Waals surface area contributed by atoms with Crippen LogP contribution in [0, 0.1) is 40.4 Å². The topological polar surface area (TPSA) is 0 Å². The fourth-order valence-electron chi connectivity index (χ4n) is 1.95. The summed E-state index contributed by atoms with van der Waals surface area (Å²) in [5, 5.41) is 0. The summed E-state index contributed by atoms with van der Waals surface area (Å²) in [7, 11) is 0. The molecular formula is C21H27Pm-3. The van der Waals surface area contributed by atoms with Gasteiger partial charge in [0.1, 0.15) is 0 Å². The molecule has 0 fully saturated rings. The maximum absolute atomic E-state index is 2.16. The van der Waals surface area contributed by atoms with Gasteiger partial charge in [-0.2, -0.15) is 53.1 Å². The molecule has 3 aromatic carbocycles. The van der Waals surface area contributed by atoms with Gasteiger partial charge in [-0.25, -0.2) is 36.4 Å². The van der Waals surface area contributed by atoms with Crippen LogP contribution in [0.5, 0.6) is 0 Å². The van der Waals surface area contributed by atoms with E-state index in [0.29, 0.717) is 0 Å². The predicted octanol–water partition coefficient (Wildman–Crippen LogP) is 5.90. The van der Waals surface area contributed by atoms with Gasteiger partial charge in [0.2, 0.25) is 0 Å². The maximum Gasteiger partial charge on any atom is 0 e. The van der Waals surface area contributed by atoms with Crippen LogP contribution in [-0.4, -0.2) is 0 Å². The van der Waals surface area contributed by atoms with Crippen molar-refractivity contribution in [3.05, 3.63) is 89.5 Å². The normalized spacial score (nSPS) is 8.86. The molecule has 0 aliphatic rings. The Morgan fingerprint density at radius 1 is 0.455 bits per heavy atom. The Balaban J connectivity index is 0.000000294. The molecule has 1 heteroatoms. The van der Waals surface area contributed by atoms with E-state index in [-0.39, 0.29) is 40.4 Å². The van der Waals surface area contributed by atoms with Crippen molar-refractivity contribution in [3.63, 3.8) is 0 Å². The van der Waals surface area contributed by atoms with E-state index in [0.717, 1.165) is 19.3 Å². The smallest absolute Gasteiger partial charge is 0 e. The van der Waals surface area contributed by atoms with E-state index < -0.39 is 0 Å². The van der Waals surface area contributed by atoms with Gasteiger partial charge in [0.25, 0.3) is 0 Å². The Hall–Kier alpha value is -0.612. The van der Waals surface area contributed by atoms with E-state index in [1.165, 1.54) is 16.7 Å². The standard InChI is InChI=1S/3C7H9.Pm/c3*1-2-7-5-3-4-6-7;/h3*3-6H,2H2,1H3;/q3*-1;. The average Bonchev–Trinajstić information content (AvgIpc) is 3.31. The first-order valence-corrected chi connectivity index (χ1v) is 7.91. The van der Waals surface area contributed by atoms with Crippen LogP contribution in [-0.2, 0) is 19.3 Å². The van der Waals surface area contributed by atoms with E-state index in [1.807, 2.05) is 0 Å². The third-order valence-corrected chi connectivity index (χ3v) is 3.42. The van der Waals surface area contributed by atoms with Gasteiger partial charge in [0, 0.05) is 40.4 Å².